The number of hydrogen-bond acceptors (Lipinski definition) is 3. The number of nitrogens with zero attached hydrogens (tertiary/aromatic N) is 1. The molecule has 1 saturated heterocycles. The maximum Gasteiger partial charge on any atom is 0.184 e. The van der Waals surface area contributed by atoms with Gasteiger partial charge in [-0.15, -0.1) is 0 Å². The molecule has 0 atom stereocenters. The van der Waals surface area contributed by atoms with Gasteiger partial charge in [-0.1, -0.05) is 12.1 Å². The molecule has 0 amide bonds. The van der Waals surface area contributed by atoms with Gasteiger partial charge in [-0.25, -0.2) is 4.39 Å². The van der Waals surface area contributed by atoms with Crippen LogP contribution >= 0.6 is 0 Å². The third kappa shape index (κ3) is 1.47. The van der Waals surface area contributed by atoms with Crippen LogP contribution < -0.4 is 0 Å². The van der Waals surface area contributed by atoms with Crippen LogP contribution in [0, 0.1) is 5.82 Å². The van der Waals surface area contributed by atoms with Gasteiger partial charge >= 0.3 is 0 Å². The van der Waals surface area contributed by atoms with Gasteiger partial charge in [-0.05, 0) is 12.1 Å². The molecule has 2 aromatic rings. The Hall–Kier alpha value is -1.52. The van der Waals surface area contributed by atoms with E-state index in [1.165, 1.54) is 6.07 Å². The molecule has 1 fully saturated rings. The Morgan fingerprint density at radius 3 is 2.81 bits per heavy atom. The largest absolute Gasteiger partial charge is 0.346 e. The summed E-state index contributed by atoms with van der Waals surface area (Å²) in [7, 11) is 0. The molecule has 1 aromatic carbocycles. The summed E-state index contributed by atoms with van der Waals surface area (Å²) in [6, 6.07) is 6.69. The minimum atomic E-state index is -0.396. The second-order valence-corrected chi connectivity index (χ2v) is 3.61. The molecule has 82 valence electrons. The molecule has 0 bridgehead atoms. The summed E-state index contributed by atoms with van der Waals surface area (Å²) < 4.78 is 24.3. The van der Waals surface area contributed by atoms with E-state index in [1.54, 1.807) is 18.3 Å². The zero-order chi connectivity index (χ0) is 11.0. The van der Waals surface area contributed by atoms with E-state index in [2.05, 4.69) is 4.98 Å². The molecule has 1 aromatic heterocycles. The monoisotopic (exact) mass is 219 g/mol. The Morgan fingerprint density at radius 1 is 1.19 bits per heavy atom. The normalized spacial score (nSPS) is 17.1. The van der Waals surface area contributed by atoms with E-state index < -0.39 is 6.29 Å². The van der Waals surface area contributed by atoms with E-state index in [-0.39, 0.29) is 5.82 Å². The van der Waals surface area contributed by atoms with E-state index >= 15 is 0 Å². The molecule has 0 spiro atoms. The van der Waals surface area contributed by atoms with Gasteiger partial charge in [-0.2, -0.15) is 0 Å². The second kappa shape index (κ2) is 3.81. The Kier molecular flexibility index (Phi) is 2.31. The maximum atomic E-state index is 13.5. The van der Waals surface area contributed by atoms with Crippen LogP contribution in [0.3, 0.4) is 0 Å². The fourth-order valence-electron chi connectivity index (χ4n) is 1.90. The van der Waals surface area contributed by atoms with Crippen molar-refractivity contribution in [1.82, 2.24) is 4.98 Å². The van der Waals surface area contributed by atoms with Gasteiger partial charge in [0.1, 0.15) is 11.3 Å². The van der Waals surface area contributed by atoms with E-state index in [1.807, 2.05) is 6.07 Å². The molecular weight excluding hydrogens is 209 g/mol. The number of ether oxygens (including phenoxy) is 2. The highest BCUT2D eigenvalue weighted by Crippen LogP contribution is 2.30. The number of halogens is 1. The third-order valence-corrected chi connectivity index (χ3v) is 2.63. The molecule has 3 nitrogen and oxygen atoms in total. The topological polar surface area (TPSA) is 31.4 Å². The van der Waals surface area contributed by atoms with Crippen molar-refractivity contribution in [2.45, 2.75) is 6.29 Å². The standard InChI is InChI=1S/C12H10FNO2/c13-10-4-3-9(12-15-6-7-16-12)8-2-1-5-14-11(8)10/h1-5,12H,6-7H2. The van der Waals surface area contributed by atoms with E-state index in [4.69, 9.17) is 9.47 Å². The summed E-state index contributed by atoms with van der Waals surface area (Å²) in [5.41, 5.74) is 1.20. The lowest BCUT2D eigenvalue weighted by molar-refractivity contribution is -0.0430. The summed E-state index contributed by atoms with van der Waals surface area (Å²) in [5.74, 6) is -0.322. The van der Waals surface area contributed by atoms with Gasteiger partial charge in [0.25, 0.3) is 0 Å². The number of benzene rings is 1. The van der Waals surface area contributed by atoms with Crippen molar-refractivity contribution in [3.05, 3.63) is 41.8 Å². The molecule has 1 aliphatic rings. The molecule has 0 N–H and O–H groups in total. The number of rotatable bonds is 1. The van der Waals surface area contributed by atoms with Gasteiger partial charge in [0.2, 0.25) is 0 Å². The van der Waals surface area contributed by atoms with Crippen LogP contribution in [0.5, 0.6) is 0 Å². The molecule has 0 aliphatic carbocycles. The predicted octanol–water partition coefficient (Wildman–Crippen LogP) is 2.42. The molecule has 3 rings (SSSR count). The van der Waals surface area contributed by atoms with Gasteiger partial charge in [0.05, 0.1) is 13.2 Å². The van der Waals surface area contributed by atoms with Gasteiger partial charge in [0.15, 0.2) is 6.29 Å². The lowest BCUT2D eigenvalue weighted by Gasteiger charge is -2.12. The zero-order valence-corrected chi connectivity index (χ0v) is 8.52. The lowest BCUT2D eigenvalue weighted by Crippen LogP contribution is -2.00. The average molecular weight is 219 g/mol. The smallest absolute Gasteiger partial charge is 0.184 e. The van der Waals surface area contributed by atoms with Crippen molar-refractivity contribution in [3.8, 4) is 0 Å². The quantitative estimate of drug-likeness (QED) is 0.738. The first-order valence-electron chi connectivity index (χ1n) is 5.12. The zero-order valence-electron chi connectivity index (χ0n) is 8.52. The van der Waals surface area contributed by atoms with Crippen LogP contribution in [0.25, 0.3) is 10.9 Å². The van der Waals surface area contributed by atoms with Crippen LogP contribution in [0.15, 0.2) is 30.5 Å². The molecular formula is C12H10FNO2. The van der Waals surface area contributed by atoms with Crippen molar-refractivity contribution in [2.75, 3.05) is 13.2 Å². The first-order valence-corrected chi connectivity index (χ1v) is 5.12. The van der Waals surface area contributed by atoms with E-state index in [9.17, 15) is 4.39 Å². The number of pyridine rings is 1. The number of fused-ring (bicyclic) bond motifs is 1. The van der Waals surface area contributed by atoms with Crippen LogP contribution in [0.2, 0.25) is 0 Å². The van der Waals surface area contributed by atoms with E-state index in [0.29, 0.717) is 18.7 Å². The summed E-state index contributed by atoms with van der Waals surface area (Å²) >= 11 is 0. The second-order valence-electron chi connectivity index (χ2n) is 3.61. The minimum Gasteiger partial charge on any atom is -0.346 e. The highest BCUT2D eigenvalue weighted by Gasteiger charge is 2.21. The molecule has 16 heavy (non-hydrogen) atoms. The Bertz CT molecular complexity index is 523. The summed E-state index contributed by atoms with van der Waals surface area (Å²) in [4.78, 5) is 4.03. The molecule has 0 saturated carbocycles. The van der Waals surface area contributed by atoms with Crippen LogP contribution in [-0.2, 0) is 9.47 Å². The summed E-state index contributed by atoms with van der Waals surface area (Å²) in [6.07, 6.45) is 1.18. The first-order chi connectivity index (χ1) is 7.86. The van der Waals surface area contributed by atoms with Gasteiger partial charge in [0, 0.05) is 17.1 Å². The van der Waals surface area contributed by atoms with Gasteiger partial charge in [-0.3, -0.25) is 4.98 Å². The van der Waals surface area contributed by atoms with Crippen LogP contribution in [-0.4, -0.2) is 18.2 Å². The Balaban J connectivity index is 2.21. The Labute approximate surface area is 91.8 Å². The Morgan fingerprint density at radius 2 is 2.00 bits per heavy atom. The van der Waals surface area contributed by atoms with Gasteiger partial charge < -0.3 is 9.47 Å². The summed E-state index contributed by atoms with van der Waals surface area (Å²) in [5, 5.41) is 0.745. The highest BCUT2D eigenvalue weighted by molar-refractivity contribution is 5.82. The molecule has 0 unspecified atom stereocenters. The highest BCUT2D eigenvalue weighted by atomic mass is 19.1. The third-order valence-electron chi connectivity index (χ3n) is 2.63. The lowest BCUT2D eigenvalue weighted by atomic mass is 10.1. The molecule has 1 aliphatic heterocycles. The summed E-state index contributed by atoms with van der Waals surface area (Å²) in [6.45, 7) is 1.15. The molecule has 4 heteroatoms. The van der Waals surface area contributed by atoms with Crippen molar-refractivity contribution in [3.63, 3.8) is 0 Å². The predicted molar refractivity (Wildman–Crippen MR) is 56.3 cm³/mol. The van der Waals surface area contributed by atoms with Crippen molar-refractivity contribution < 1.29 is 13.9 Å². The number of aromatic nitrogens is 1. The van der Waals surface area contributed by atoms with Crippen LogP contribution in [0.1, 0.15) is 11.9 Å². The SMILES string of the molecule is Fc1ccc(C2OCCO2)c2cccnc12. The average Bonchev–Trinajstić information content (AvgIpc) is 2.83. The minimum absolute atomic E-state index is 0.322. The van der Waals surface area contributed by atoms with Crippen LogP contribution in [0.4, 0.5) is 4.39 Å². The maximum absolute atomic E-state index is 13.5. The number of hydrogen-bond donors (Lipinski definition) is 0. The van der Waals surface area contributed by atoms with Crippen molar-refractivity contribution in [1.29, 1.82) is 0 Å². The van der Waals surface area contributed by atoms with Crippen molar-refractivity contribution in [2.24, 2.45) is 0 Å². The first kappa shape index (κ1) is 9.69. The fourth-order valence-corrected chi connectivity index (χ4v) is 1.90. The van der Waals surface area contributed by atoms with Crippen molar-refractivity contribution >= 4 is 10.9 Å². The fraction of sp³-hybridized carbons (Fsp3) is 0.250. The van der Waals surface area contributed by atoms with E-state index in [0.717, 1.165) is 10.9 Å². The molecule has 0 radical (unpaired) electrons. The molecule has 2 heterocycles.